The van der Waals surface area contributed by atoms with Crippen LogP contribution >= 0.6 is 15.9 Å². The lowest BCUT2D eigenvalue weighted by atomic mass is 10.1. The molecule has 0 saturated carbocycles. The smallest absolute Gasteiger partial charge is 0.0862 e. The predicted octanol–water partition coefficient (Wildman–Crippen LogP) is 2.31. The molecular formula is C8H8BrNO. The molecule has 58 valence electrons. The van der Waals surface area contributed by atoms with Crippen LogP contribution in [0.5, 0.6) is 0 Å². The molecule has 0 radical (unpaired) electrons. The van der Waals surface area contributed by atoms with Crippen LogP contribution in [0.1, 0.15) is 18.1 Å². The lowest BCUT2D eigenvalue weighted by Gasteiger charge is -2.26. The van der Waals surface area contributed by atoms with Crippen LogP contribution in [-0.4, -0.2) is 11.6 Å². The summed E-state index contributed by atoms with van der Waals surface area (Å²) in [6, 6.07) is 2.05. The summed E-state index contributed by atoms with van der Waals surface area (Å²) in [5.74, 6) is 0. The average molecular weight is 214 g/mol. The number of pyridine rings is 1. The van der Waals surface area contributed by atoms with Gasteiger partial charge in [0.2, 0.25) is 0 Å². The van der Waals surface area contributed by atoms with Crippen LogP contribution in [0.4, 0.5) is 0 Å². The van der Waals surface area contributed by atoms with Gasteiger partial charge in [0.15, 0.2) is 0 Å². The summed E-state index contributed by atoms with van der Waals surface area (Å²) >= 11 is 3.37. The number of rotatable bonds is 1. The SMILES string of the molecule is Brc1cncc(C2CCO2)c1. The number of halogens is 1. The fraction of sp³-hybridized carbons (Fsp3) is 0.375. The molecule has 1 unspecified atom stereocenters. The largest absolute Gasteiger partial charge is 0.373 e. The van der Waals surface area contributed by atoms with Crippen LogP contribution in [0.15, 0.2) is 22.9 Å². The van der Waals surface area contributed by atoms with E-state index >= 15 is 0 Å². The summed E-state index contributed by atoms with van der Waals surface area (Å²) in [6.45, 7) is 0.886. The zero-order valence-electron chi connectivity index (χ0n) is 5.96. The molecule has 11 heavy (non-hydrogen) atoms. The van der Waals surface area contributed by atoms with Gasteiger partial charge in [-0.25, -0.2) is 0 Å². The van der Waals surface area contributed by atoms with Crippen molar-refractivity contribution in [3.8, 4) is 0 Å². The Kier molecular flexibility index (Phi) is 1.92. The minimum absolute atomic E-state index is 0.292. The molecule has 0 aliphatic carbocycles. The van der Waals surface area contributed by atoms with Crippen molar-refractivity contribution in [1.82, 2.24) is 4.98 Å². The van der Waals surface area contributed by atoms with E-state index in [-0.39, 0.29) is 0 Å². The highest BCUT2D eigenvalue weighted by atomic mass is 79.9. The molecule has 0 bridgehead atoms. The number of nitrogens with zero attached hydrogens (tertiary/aromatic N) is 1. The molecular weight excluding hydrogens is 206 g/mol. The van der Waals surface area contributed by atoms with Crippen molar-refractivity contribution in [1.29, 1.82) is 0 Å². The number of hydrogen-bond acceptors (Lipinski definition) is 2. The van der Waals surface area contributed by atoms with Gasteiger partial charge in [0.1, 0.15) is 0 Å². The van der Waals surface area contributed by atoms with Gasteiger partial charge < -0.3 is 4.74 Å². The molecule has 2 nitrogen and oxygen atoms in total. The van der Waals surface area contributed by atoms with Crippen molar-refractivity contribution < 1.29 is 4.74 Å². The average Bonchev–Trinajstić information content (AvgIpc) is 1.83. The summed E-state index contributed by atoms with van der Waals surface area (Å²) in [5, 5.41) is 0. The molecule has 1 saturated heterocycles. The molecule has 0 amide bonds. The Morgan fingerprint density at radius 2 is 2.36 bits per heavy atom. The van der Waals surface area contributed by atoms with E-state index in [2.05, 4.69) is 27.0 Å². The van der Waals surface area contributed by atoms with Crippen LogP contribution < -0.4 is 0 Å². The molecule has 1 aliphatic rings. The van der Waals surface area contributed by atoms with Gasteiger partial charge in [-0.2, -0.15) is 0 Å². The quantitative estimate of drug-likeness (QED) is 0.715. The van der Waals surface area contributed by atoms with Crippen molar-refractivity contribution >= 4 is 15.9 Å². The van der Waals surface area contributed by atoms with Crippen molar-refractivity contribution in [2.75, 3.05) is 6.61 Å². The van der Waals surface area contributed by atoms with Gasteiger partial charge in [-0.1, -0.05) is 0 Å². The first-order valence-corrected chi connectivity index (χ1v) is 4.37. The number of ether oxygens (including phenoxy) is 1. The normalized spacial score (nSPS) is 22.8. The van der Waals surface area contributed by atoms with E-state index in [1.54, 1.807) is 6.20 Å². The fourth-order valence-corrected chi connectivity index (χ4v) is 1.49. The zero-order chi connectivity index (χ0) is 7.68. The topological polar surface area (TPSA) is 22.1 Å². The van der Waals surface area contributed by atoms with Gasteiger partial charge in [-0.15, -0.1) is 0 Å². The third-order valence-corrected chi connectivity index (χ3v) is 2.23. The summed E-state index contributed by atoms with van der Waals surface area (Å²) in [7, 11) is 0. The summed E-state index contributed by atoms with van der Waals surface area (Å²) in [5.41, 5.74) is 1.17. The maximum Gasteiger partial charge on any atom is 0.0862 e. The molecule has 1 aliphatic heterocycles. The molecule has 2 rings (SSSR count). The zero-order valence-corrected chi connectivity index (χ0v) is 7.54. The van der Waals surface area contributed by atoms with E-state index in [0.29, 0.717) is 6.10 Å². The van der Waals surface area contributed by atoms with Crippen molar-refractivity contribution in [2.24, 2.45) is 0 Å². The number of aromatic nitrogens is 1. The molecule has 1 aromatic heterocycles. The Morgan fingerprint density at radius 3 is 2.91 bits per heavy atom. The molecule has 3 heteroatoms. The molecule has 0 spiro atoms. The van der Waals surface area contributed by atoms with Gasteiger partial charge in [0.05, 0.1) is 12.7 Å². The third-order valence-electron chi connectivity index (χ3n) is 1.80. The van der Waals surface area contributed by atoms with Crippen LogP contribution in [0.3, 0.4) is 0 Å². The van der Waals surface area contributed by atoms with Crippen LogP contribution in [0, 0.1) is 0 Å². The minimum Gasteiger partial charge on any atom is -0.373 e. The fourth-order valence-electron chi connectivity index (χ4n) is 1.10. The van der Waals surface area contributed by atoms with Gasteiger partial charge in [-0.05, 0) is 22.0 Å². The van der Waals surface area contributed by atoms with Gasteiger partial charge in [0.25, 0.3) is 0 Å². The van der Waals surface area contributed by atoms with Gasteiger partial charge in [-0.3, -0.25) is 4.98 Å². The molecule has 0 N–H and O–H groups in total. The Hall–Kier alpha value is -0.410. The second-order valence-corrected chi connectivity index (χ2v) is 3.50. The first-order chi connectivity index (χ1) is 5.36. The van der Waals surface area contributed by atoms with Crippen LogP contribution in [0.25, 0.3) is 0 Å². The summed E-state index contributed by atoms with van der Waals surface area (Å²) in [4.78, 5) is 4.06. The van der Waals surface area contributed by atoms with E-state index in [4.69, 9.17) is 4.74 Å². The van der Waals surface area contributed by atoms with Crippen LogP contribution in [-0.2, 0) is 4.74 Å². The van der Waals surface area contributed by atoms with E-state index in [1.807, 2.05) is 6.20 Å². The van der Waals surface area contributed by atoms with Crippen molar-refractivity contribution in [3.63, 3.8) is 0 Å². The Labute approximate surface area is 73.7 Å². The van der Waals surface area contributed by atoms with Crippen molar-refractivity contribution in [3.05, 3.63) is 28.5 Å². The highest BCUT2D eigenvalue weighted by Crippen LogP contribution is 2.29. The molecule has 1 fully saturated rings. The molecule has 0 aromatic carbocycles. The maximum absolute atomic E-state index is 5.31. The monoisotopic (exact) mass is 213 g/mol. The van der Waals surface area contributed by atoms with E-state index in [9.17, 15) is 0 Å². The second kappa shape index (κ2) is 2.91. The second-order valence-electron chi connectivity index (χ2n) is 2.58. The Bertz CT molecular complexity index is 260. The maximum atomic E-state index is 5.31. The Balaban J connectivity index is 2.23. The molecule has 2 heterocycles. The summed E-state index contributed by atoms with van der Waals surface area (Å²) < 4.78 is 6.33. The van der Waals surface area contributed by atoms with E-state index < -0.39 is 0 Å². The Morgan fingerprint density at radius 1 is 1.55 bits per heavy atom. The van der Waals surface area contributed by atoms with Gasteiger partial charge in [0, 0.05) is 28.9 Å². The highest BCUT2D eigenvalue weighted by molar-refractivity contribution is 9.10. The van der Waals surface area contributed by atoms with Crippen LogP contribution in [0.2, 0.25) is 0 Å². The predicted molar refractivity (Wildman–Crippen MR) is 45.2 cm³/mol. The van der Waals surface area contributed by atoms with Crippen molar-refractivity contribution in [2.45, 2.75) is 12.5 Å². The number of hydrogen-bond donors (Lipinski definition) is 0. The molecule has 1 aromatic rings. The summed E-state index contributed by atoms with van der Waals surface area (Å²) in [6.07, 6.45) is 5.05. The highest BCUT2D eigenvalue weighted by Gasteiger charge is 2.20. The minimum atomic E-state index is 0.292. The first-order valence-electron chi connectivity index (χ1n) is 3.58. The van der Waals surface area contributed by atoms with Gasteiger partial charge >= 0.3 is 0 Å². The lowest BCUT2D eigenvalue weighted by molar-refractivity contribution is -0.0529. The third kappa shape index (κ3) is 1.44. The standard InChI is InChI=1S/C8H8BrNO/c9-7-3-6(4-10-5-7)8-1-2-11-8/h3-5,8H,1-2H2. The lowest BCUT2D eigenvalue weighted by Crippen LogP contribution is -2.18. The first kappa shape index (κ1) is 7.25. The molecule has 1 atom stereocenters. The van der Waals surface area contributed by atoms with E-state index in [1.165, 1.54) is 5.56 Å². The van der Waals surface area contributed by atoms with E-state index in [0.717, 1.165) is 17.5 Å².